The van der Waals surface area contributed by atoms with Gasteiger partial charge in [0.25, 0.3) is 0 Å². The summed E-state index contributed by atoms with van der Waals surface area (Å²) in [6, 6.07) is 15.9. The minimum absolute atomic E-state index is 0.00347. The fourth-order valence-electron chi connectivity index (χ4n) is 3.82. The zero-order valence-corrected chi connectivity index (χ0v) is 20.7. The molecule has 4 rings (SSSR count). The second-order valence-electron chi connectivity index (χ2n) is 8.16. The van der Waals surface area contributed by atoms with E-state index in [1.165, 1.54) is 41.2 Å². The molecule has 0 radical (unpaired) electrons. The zero-order chi connectivity index (χ0) is 26.6. The van der Waals surface area contributed by atoms with E-state index < -0.39 is 21.8 Å². The van der Waals surface area contributed by atoms with Gasteiger partial charge in [-0.05, 0) is 53.6 Å². The third-order valence-corrected chi connectivity index (χ3v) is 7.11. The largest absolute Gasteiger partial charge is 0.497 e. The summed E-state index contributed by atoms with van der Waals surface area (Å²) in [5.41, 5.74) is 7.73. The number of halogens is 1. The Hall–Kier alpha value is -4.06. The van der Waals surface area contributed by atoms with E-state index in [0.717, 1.165) is 5.56 Å². The van der Waals surface area contributed by atoms with Crippen LogP contribution in [0.5, 0.6) is 5.75 Å². The van der Waals surface area contributed by atoms with Crippen LogP contribution in [0.2, 0.25) is 0 Å². The van der Waals surface area contributed by atoms with E-state index in [-0.39, 0.29) is 30.1 Å². The second kappa shape index (κ2) is 10.9. The number of benzene rings is 3. The first-order valence-corrected chi connectivity index (χ1v) is 12.7. The molecule has 0 saturated carbocycles. The quantitative estimate of drug-likeness (QED) is 0.288. The maximum absolute atomic E-state index is 14.1. The number of allylic oxidation sites excluding steroid dienone is 1. The summed E-state index contributed by atoms with van der Waals surface area (Å²) in [4.78, 5) is 16.2. The van der Waals surface area contributed by atoms with Crippen molar-refractivity contribution in [3.63, 3.8) is 0 Å². The van der Waals surface area contributed by atoms with Gasteiger partial charge in [0.15, 0.2) is 0 Å². The van der Waals surface area contributed by atoms with Crippen LogP contribution >= 0.6 is 0 Å². The first kappa shape index (κ1) is 26.0. The van der Waals surface area contributed by atoms with Crippen molar-refractivity contribution >= 4 is 27.0 Å². The number of nitrogens with two attached hydrogens (primary N) is 1. The van der Waals surface area contributed by atoms with Crippen molar-refractivity contribution in [1.29, 1.82) is 0 Å². The van der Waals surface area contributed by atoms with Gasteiger partial charge in [0.1, 0.15) is 11.6 Å². The Bertz CT molecular complexity index is 1580. The number of methoxy groups -OCH3 is 1. The number of aromatic nitrogens is 2. The van der Waals surface area contributed by atoms with E-state index >= 15 is 0 Å². The number of carbonyl (C=O) groups is 1. The topological polar surface area (TPSA) is 137 Å². The second-order valence-corrected chi connectivity index (χ2v) is 9.92. The smallest absolute Gasteiger partial charge is 0.335 e. The minimum atomic E-state index is -3.89. The number of carboxylic acid groups (broad SMARTS) is 1. The van der Waals surface area contributed by atoms with Crippen molar-refractivity contribution in [3.8, 4) is 16.9 Å². The highest BCUT2D eigenvalue weighted by molar-refractivity contribution is 7.89. The SMILES string of the molecule is COc1ccc(CNS(=O)(=O)c2cccc(-c3cc(C(=O)O)cc4c3ncn4CC(F)=CCN)c2)cc1. The Kier molecular flexibility index (Phi) is 7.67. The standard InChI is InChI=1S/C26H25FN4O5S/c1-36-21-7-5-17(6-8-21)14-30-37(34,35)22-4-2-3-18(11-22)23-12-19(26(32)33)13-24-25(23)29-16-31(24)15-20(27)9-10-28/h2-9,11-13,16,30H,10,14-15,28H2,1H3,(H,32,33). The fraction of sp³-hybridized carbons (Fsp3) is 0.154. The molecule has 0 spiro atoms. The molecule has 11 heteroatoms. The molecular weight excluding hydrogens is 499 g/mol. The number of hydrogen-bond acceptors (Lipinski definition) is 6. The molecule has 0 aliphatic carbocycles. The van der Waals surface area contributed by atoms with Crippen molar-refractivity contribution in [2.45, 2.75) is 18.0 Å². The molecule has 9 nitrogen and oxygen atoms in total. The number of ether oxygens (including phenoxy) is 1. The van der Waals surface area contributed by atoms with Crippen LogP contribution in [0.4, 0.5) is 4.39 Å². The predicted octanol–water partition coefficient (Wildman–Crippen LogP) is 3.70. The van der Waals surface area contributed by atoms with Crippen LogP contribution in [-0.2, 0) is 23.1 Å². The van der Waals surface area contributed by atoms with Gasteiger partial charge in [-0.15, -0.1) is 0 Å². The van der Waals surface area contributed by atoms with E-state index in [9.17, 15) is 22.7 Å². The molecule has 1 heterocycles. The molecule has 4 N–H and O–H groups in total. The lowest BCUT2D eigenvalue weighted by molar-refractivity contribution is 0.0697. The molecule has 0 atom stereocenters. The Morgan fingerprint density at radius 2 is 1.95 bits per heavy atom. The number of carboxylic acids is 1. The number of fused-ring (bicyclic) bond motifs is 1. The number of rotatable bonds is 10. The monoisotopic (exact) mass is 524 g/mol. The lowest BCUT2D eigenvalue weighted by Crippen LogP contribution is -2.23. The molecule has 0 fully saturated rings. The van der Waals surface area contributed by atoms with Crippen LogP contribution < -0.4 is 15.2 Å². The highest BCUT2D eigenvalue weighted by Crippen LogP contribution is 2.31. The van der Waals surface area contributed by atoms with E-state index in [1.807, 2.05) is 0 Å². The summed E-state index contributed by atoms with van der Waals surface area (Å²) >= 11 is 0. The Morgan fingerprint density at radius 1 is 1.19 bits per heavy atom. The molecule has 0 bridgehead atoms. The molecule has 0 amide bonds. The van der Waals surface area contributed by atoms with E-state index in [1.54, 1.807) is 43.5 Å². The van der Waals surface area contributed by atoms with E-state index in [0.29, 0.717) is 27.9 Å². The van der Waals surface area contributed by atoms with E-state index in [4.69, 9.17) is 10.5 Å². The van der Waals surface area contributed by atoms with Gasteiger partial charge in [0.2, 0.25) is 10.0 Å². The highest BCUT2D eigenvalue weighted by atomic mass is 32.2. The molecular formula is C26H25FN4O5S. The number of sulfonamides is 1. The number of hydrogen-bond donors (Lipinski definition) is 3. The van der Waals surface area contributed by atoms with Gasteiger partial charge < -0.3 is 20.1 Å². The van der Waals surface area contributed by atoms with Crippen molar-refractivity contribution < 1.29 is 27.4 Å². The summed E-state index contributed by atoms with van der Waals surface area (Å²) in [6.45, 7) is -0.0701. The van der Waals surface area contributed by atoms with Crippen molar-refractivity contribution in [2.75, 3.05) is 13.7 Å². The number of aromatic carboxylic acids is 1. The minimum Gasteiger partial charge on any atom is -0.497 e. The lowest BCUT2D eigenvalue weighted by Gasteiger charge is -2.11. The third kappa shape index (κ3) is 5.85. The normalized spacial score (nSPS) is 12.1. The van der Waals surface area contributed by atoms with Crippen LogP contribution in [0, 0.1) is 0 Å². The molecule has 4 aromatic rings. The Morgan fingerprint density at radius 3 is 2.62 bits per heavy atom. The average molecular weight is 525 g/mol. The van der Waals surface area contributed by atoms with Crippen LogP contribution in [0.3, 0.4) is 0 Å². The molecule has 1 aromatic heterocycles. The first-order valence-electron chi connectivity index (χ1n) is 11.2. The number of imidazole rings is 1. The molecule has 0 aliphatic heterocycles. The lowest BCUT2D eigenvalue weighted by atomic mass is 10.0. The summed E-state index contributed by atoms with van der Waals surface area (Å²) in [7, 11) is -2.35. The maximum Gasteiger partial charge on any atom is 0.335 e. The van der Waals surface area contributed by atoms with Crippen LogP contribution in [0.15, 0.2) is 83.8 Å². The highest BCUT2D eigenvalue weighted by Gasteiger charge is 2.19. The molecule has 0 unspecified atom stereocenters. The van der Waals surface area contributed by atoms with Gasteiger partial charge >= 0.3 is 5.97 Å². The van der Waals surface area contributed by atoms with Crippen molar-refractivity contribution in [3.05, 3.63) is 90.0 Å². The third-order valence-electron chi connectivity index (χ3n) is 5.71. The summed E-state index contributed by atoms with van der Waals surface area (Å²) in [5, 5.41) is 9.66. The predicted molar refractivity (Wildman–Crippen MR) is 137 cm³/mol. The van der Waals surface area contributed by atoms with Gasteiger partial charge in [-0.25, -0.2) is 27.3 Å². The average Bonchev–Trinajstić information content (AvgIpc) is 3.30. The van der Waals surface area contributed by atoms with Crippen LogP contribution in [-0.4, -0.2) is 42.7 Å². The first-order chi connectivity index (χ1) is 17.7. The van der Waals surface area contributed by atoms with Gasteiger partial charge in [0.05, 0.1) is 41.5 Å². The molecule has 0 saturated heterocycles. The zero-order valence-electron chi connectivity index (χ0n) is 19.9. The van der Waals surface area contributed by atoms with E-state index in [2.05, 4.69) is 9.71 Å². The maximum atomic E-state index is 14.1. The summed E-state index contributed by atoms with van der Waals surface area (Å²) in [5.74, 6) is -1.01. The number of nitrogens with one attached hydrogen (secondary N) is 1. The van der Waals surface area contributed by atoms with Crippen LogP contribution in [0.1, 0.15) is 15.9 Å². The molecule has 3 aromatic carbocycles. The Labute approximate surface area is 213 Å². The number of nitrogens with zero attached hydrogens (tertiary/aromatic N) is 2. The summed E-state index contributed by atoms with van der Waals surface area (Å²) < 4.78 is 49.4. The molecule has 0 aliphatic rings. The van der Waals surface area contributed by atoms with Gasteiger partial charge in [-0.2, -0.15) is 0 Å². The van der Waals surface area contributed by atoms with Gasteiger partial charge in [-0.1, -0.05) is 24.3 Å². The Balaban J connectivity index is 1.70. The van der Waals surface area contributed by atoms with Crippen molar-refractivity contribution in [2.24, 2.45) is 5.73 Å². The summed E-state index contributed by atoms with van der Waals surface area (Å²) in [6.07, 6.45) is 2.63. The molecule has 192 valence electrons. The van der Waals surface area contributed by atoms with Gasteiger partial charge in [-0.3, -0.25) is 0 Å². The van der Waals surface area contributed by atoms with Crippen LogP contribution in [0.25, 0.3) is 22.2 Å². The fourth-order valence-corrected chi connectivity index (χ4v) is 4.89. The van der Waals surface area contributed by atoms with Crippen molar-refractivity contribution in [1.82, 2.24) is 14.3 Å². The molecule has 37 heavy (non-hydrogen) atoms. The van der Waals surface area contributed by atoms with Gasteiger partial charge in [0, 0.05) is 18.7 Å².